The molecule has 0 aromatic rings. The van der Waals surface area contributed by atoms with Crippen LogP contribution in [0.2, 0.25) is 0 Å². The van der Waals surface area contributed by atoms with Crippen LogP contribution in [0.1, 0.15) is 54.4 Å². The van der Waals surface area contributed by atoms with E-state index in [9.17, 15) is 0 Å². The average Bonchev–Trinajstić information content (AvgIpc) is 2.13. The third-order valence-electron chi connectivity index (χ3n) is 4.14. The maximum absolute atomic E-state index is 4.93. The molecule has 3 heteroatoms. The fourth-order valence-electron chi connectivity index (χ4n) is 3.61. The lowest BCUT2D eigenvalue weighted by Crippen LogP contribution is -2.64. The number of nitrogens with zero attached hydrogens (tertiary/aromatic N) is 3. The topological polar surface area (TPSA) is 18.8 Å². The highest BCUT2D eigenvalue weighted by molar-refractivity contribution is 5.83. The predicted octanol–water partition coefficient (Wildman–Crippen LogP) is 2.72. The van der Waals surface area contributed by atoms with Crippen LogP contribution in [0.4, 0.5) is 0 Å². The van der Waals surface area contributed by atoms with Crippen molar-refractivity contribution in [2.24, 2.45) is 4.99 Å². The van der Waals surface area contributed by atoms with Gasteiger partial charge < -0.3 is 9.80 Å². The lowest BCUT2D eigenvalue weighted by molar-refractivity contribution is 0.0936. The van der Waals surface area contributed by atoms with Crippen LogP contribution in [0.25, 0.3) is 0 Å². The van der Waals surface area contributed by atoms with E-state index < -0.39 is 0 Å². The van der Waals surface area contributed by atoms with Crippen LogP contribution in [0.15, 0.2) is 4.99 Å². The SMILES string of the molecule is CC1CC(C)N2C(=N1)N(C(C)C)C(C)CC2C. The van der Waals surface area contributed by atoms with Gasteiger partial charge in [-0.1, -0.05) is 0 Å². The quantitative estimate of drug-likeness (QED) is 0.698. The lowest BCUT2D eigenvalue weighted by Gasteiger charge is -2.53. The summed E-state index contributed by atoms with van der Waals surface area (Å²) in [5.41, 5.74) is 0. The molecule has 4 atom stereocenters. The summed E-state index contributed by atoms with van der Waals surface area (Å²) in [7, 11) is 0. The van der Waals surface area contributed by atoms with Gasteiger partial charge in [-0.25, -0.2) is 4.99 Å². The number of aliphatic imine (C=N–C) groups is 1. The van der Waals surface area contributed by atoms with Gasteiger partial charge in [0.1, 0.15) is 0 Å². The van der Waals surface area contributed by atoms with E-state index >= 15 is 0 Å². The molecule has 0 amide bonds. The Labute approximate surface area is 106 Å². The van der Waals surface area contributed by atoms with Crippen molar-refractivity contribution in [2.45, 2.75) is 84.6 Å². The zero-order valence-electron chi connectivity index (χ0n) is 12.1. The third kappa shape index (κ3) is 2.16. The maximum Gasteiger partial charge on any atom is 0.197 e. The van der Waals surface area contributed by atoms with Gasteiger partial charge in [-0.15, -0.1) is 0 Å². The largest absolute Gasteiger partial charge is 0.338 e. The summed E-state index contributed by atoms with van der Waals surface area (Å²) in [5, 5.41) is 0. The molecular formula is C14H27N3. The molecule has 0 aliphatic carbocycles. The van der Waals surface area contributed by atoms with Crippen molar-refractivity contribution >= 4 is 5.96 Å². The molecular weight excluding hydrogens is 210 g/mol. The summed E-state index contributed by atoms with van der Waals surface area (Å²) in [6.07, 6.45) is 2.43. The number of rotatable bonds is 1. The zero-order valence-corrected chi connectivity index (χ0v) is 12.1. The minimum absolute atomic E-state index is 0.468. The molecule has 0 aromatic heterocycles. The first kappa shape index (κ1) is 12.7. The summed E-state index contributed by atoms with van der Waals surface area (Å²) >= 11 is 0. The van der Waals surface area contributed by atoms with Crippen molar-refractivity contribution < 1.29 is 0 Å². The third-order valence-corrected chi connectivity index (χ3v) is 4.14. The molecule has 0 bridgehead atoms. The van der Waals surface area contributed by atoms with Crippen LogP contribution >= 0.6 is 0 Å². The van der Waals surface area contributed by atoms with Crippen LogP contribution in [-0.4, -0.2) is 46.0 Å². The van der Waals surface area contributed by atoms with Crippen molar-refractivity contribution in [1.82, 2.24) is 9.80 Å². The maximum atomic E-state index is 4.93. The molecule has 1 saturated heterocycles. The molecule has 2 heterocycles. The van der Waals surface area contributed by atoms with Gasteiger partial charge in [-0.3, -0.25) is 0 Å². The van der Waals surface area contributed by atoms with E-state index in [0.717, 1.165) is 0 Å². The van der Waals surface area contributed by atoms with Gasteiger partial charge in [0, 0.05) is 24.2 Å². The Morgan fingerprint density at radius 3 is 2.18 bits per heavy atom. The second kappa shape index (κ2) is 4.51. The first-order valence-electron chi connectivity index (χ1n) is 7.06. The van der Waals surface area contributed by atoms with E-state index in [4.69, 9.17) is 4.99 Å². The van der Waals surface area contributed by atoms with Crippen LogP contribution in [0.5, 0.6) is 0 Å². The molecule has 0 aromatic carbocycles. The van der Waals surface area contributed by atoms with Gasteiger partial charge in [0.25, 0.3) is 0 Å². The number of guanidine groups is 1. The predicted molar refractivity (Wildman–Crippen MR) is 73.3 cm³/mol. The highest BCUT2D eigenvalue weighted by Gasteiger charge is 2.39. The normalized spacial score (nSPS) is 38.2. The highest BCUT2D eigenvalue weighted by Crippen LogP contribution is 2.30. The Kier molecular flexibility index (Phi) is 3.37. The smallest absolute Gasteiger partial charge is 0.197 e. The Hall–Kier alpha value is -0.730. The molecule has 98 valence electrons. The lowest BCUT2D eigenvalue weighted by atomic mass is 9.96. The Morgan fingerprint density at radius 2 is 1.59 bits per heavy atom. The van der Waals surface area contributed by atoms with E-state index in [1.807, 2.05) is 0 Å². The van der Waals surface area contributed by atoms with Crippen LogP contribution in [-0.2, 0) is 0 Å². The minimum atomic E-state index is 0.468. The number of hydrogen-bond acceptors (Lipinski definition) is 3. The summed E-state index contributed by atoms with van der Waals surface area (Å²) in [6.45, 7) is 13.8. The Morgan fingerprint density at radius 1 is 1.00 bits per heavy atom. The van der Waals surface area contributed by atoms with Gasteiger partial charge >= 0.3 is 0 Å². The monoisotopic (exact) mass is 237 g/mol. The van der Waals surface area contributed by atoms with Gasteiger partial charge in [0.05, 0.1) is 6.04 Å². The van der Waals surface area contributed by atoms with Crippen molar-refractivity contribution in [3.8, 4) is 0 Å². The van der Waals surface area contributed by atoms with Gasteiger partial charge in [0.15, 0.2) is 5.96 Å². The fourth-order valence-corrected chi connectivity index (χ4v) is 3.61. The molecule has 3 nitrogen and oxygen atoms in total. The molecule has 0 spiro atoms. The first-order chi connectivity index (χ1) is 7.91. The standard InChI is InChI=1S/C14H27N3/c1-9(2)16-12(5)8-13(6)17-11(4)7-10(3)15-14(16)17/h9-13H,7-8H2,1-6H3. The molecule has 0 radical (unpaired) electrons. The van der Waals surface area contributed by atoms with Crippen molar-refractivity contribution in [2.75, 3.05) is 0 Å². The molecule has 1 fully saturated rings. The number of hydrogen-bond donors (Lipinski definition) is 0. The van der Waals surface area contributed by atoms with E-state index in [1.54, 1.807) is 0 Å². The molecule has 4 unspecified atom stereocenters. The summed E-state index contributed by atoms with van der Waals surface area (Å²) in [6, 6.07) is 2.87. The van der Waals surface area contributed by atoms with Gasteiger partial charge in [-0.05, 0) is 54.4 Å². The minimum Gasteiger partial charge on any atom is -0.338 e. The molecule has 2 rings (SSSR count). The second-order valence-electron chi connectivity index (χ2n) is 6.20. The Balaban J connectivity index is 2.36. The summed E-state index contributed by atoms with van der Waals surface area (Å²) < 4.78 is 0. The van der Waals surface area contributed by atoms with Crippen LogP contribution < -0.4 is 0 Å². The summed E-state index contributed by atoms with van der Waals surface area (Å²) in [5.74, 6) is 1.25. The fraction of sp³-hybridized carbons (Fsp3) is 0.929. The van der Waals surface area contributed by atoms with Crippen LogP contribution in [0, 0.1) is 0 Å². The van der Waals surface area contributed by atoms with Crippen molar-refractivity contribution in [3.05, 3.63) is 0 Å². The average molecular weight is 237 g/mol. The Bertz CT molecular complexity index is 311. The highest BCUT2D eigenvalue weighted by atomic mass is 15.4. The van der Waals surface area contributed by atoms with Gasteiger partial charge in [-0.2, -0.15) is 0 Å². The van der Waals surface area contributed by atoms with Crippen LogP contribution in [0.3, 0.4) is 0 Å². The molecule has 2 aliphatic heterocycles. The molecule has 2 aliphatic rings. The first-order valence-corrected chi connectivity index (χ1v) is 7.06. The molecule has 17 heavy (non-hydrogen) atoms. The van der Waals surface area contributed by atoms with E-state index in [0.29, 0.717) is 30.2 Å². The van der Waals surface area contributed by atoms with Gasteiger partial charge in [0.2, 0.25) is 0 Å². The van der Waals surface area contributed by atoms with Crippen molar-refractivity contribution in [1.29, 1.82) is 0 Å². The van der Waals surface area contributed by atoms with Crippen molar-refractivity contribution in [3.63, 3.8) is 0 Å². The second-order valence-corrected chi connectivity index (χ2v) is 6.20. The number of fused-ring (bicyclic) bond motifs is 1. The van der Waals surface area contributed by atoms with E-state index in [-0.39, 0.29) is 0 Å². The zero-order chi connectivity index (χ0) is 12.7. The van der Waals surface area contributed by atoms with E-state index in [2.05, 4.69) is 51.3 Å². The molecule has 0 saturated carbocycles. The van der Waals surface area contributed by atoms with E-state index in [1.165, 1.54) is 18.8 Å². The molecule has 0 N–H and O–H groups in total. The summed E-state index contributed by atoms with van der Waals surface area (Å²) in [4.78, 5) is 9.97.